The summed E-state index contributed by atoms with van der Waals surface area (Å²) in [6, 6.07) is 26.3. The summed E-state index contributed by atoms with van der Waals surface area (Å²) < 4.78 is 19.1. The Bertz CT molecular complexity index is 1930. The number of amides is 1. The maximum Gasteiger partial charge on any atom is 0.416 e. The van der Waals surface area contributed by atoms with E-state index in [2.05, 4.69) is 30.3 Å². The highest BCUT2D eigenvalue weighted by atomic mass is 16.6. The Morgan fingerprint density at radius 2 is 1.76 bits per heavy atom. The number of pyridine rings is 1. The van der Waals surface area contributed by atoms with Crippen molar-refractivity contribution in [1.29, 1.82) is 0 Å². The molecule has 0 atom stereocenters. The van der Waals surface area contributed by atoms with Crippen molar-refractivity contribution in [3.8, 4) is 5.75 Å². The molecular weight excluding hydrogens is 578 g/mol. The topological polar surface area (TPSA) is 82.9 Å². The van der Waals surface area contributed by atoms with Crippen LogP contribution in [0.15, 0.2) is 91.1 Å². The fourth-order valence-corrected chi connectivity index (χ4v) is 5.74. The van der Waals surface area contributed by atoms with E-state index in [0.717, 1.165) is 62.8 Å². The van der Waals surface area contributed by atoms with Crippen LogP contribution in [0.4, 0.5) is 10.6 Å². The molecule has 1 aliphatic rings. The molecule has 0 aliphatic carbocycles. The standard InChI is InChI=1S/C38H39N3O5/c1-5-44-35(42)25-34(29-13-12-26-9-6-7-10-28(26)23-29)40-21-18-30-24-32(16-17-33(30)40)45-22-19-31-15-14-27-11-8-20-41(36(27)39-31)37(43)46-38(2,3)4/h6-7,9-10,12-18,21,23-25H,5,8,11,19-20,22H2,1-4H3. The van der Waals surface area contributed by atoms with Gasteiger partial charge in [0.25, 0.3) is 0 Å². The maximum atomic E-state index is 12.9. The van der Waals surface area contributed by atoms with Gasteiger partial charge in [0, 0.05) is 36.3 Å². The van der Waals surface area contributed by atoms with E-state index >= 15 is 0 Å². The number of hydrogen-bond donors (Lipinski definition) is 0. The lowest BCUT2D eigenvalue weighted by molar-refractivity contribution is -0.137. The molecule has 5 aromatic rings. The first-order valence-corrected chi connectivity index (χ1v) is 15.8. The van der Waals surface area contributed by atoms with Crippen LogP contribution in [0.25, 0.3) is 27.4 Å². The van der Waals surface area contributed by atoms with E-state index in [1.807, 2.05) is 80.1 Å². The van der Waals surface area contributed by atoms with Gasteiger partial charge < -0.3 is 18.8 Å². The second-order valence-corrected chi connectivity index (χ2v) is 12.4. The Kier molecular flexibility index (Phi) is 8.79. The van der Waals surface area contributed by atoms with Gasteiger partial charge in [-0.3, -0.25) is 4.90 Å². The zero-order chi connectivity index (χ0) is 32.3. The molecule has 0 N–H and O–H groups in total. The number of aromatic nitrogens is 2. The quantitative estimate of drug-likeness (QED) is 0.130. The molecule has 0 unspecified atom stereocenters. The van der Waals surface area contributed by atoms with Crippen molar-refractivity contribution in [3.63, 3.8) is 0 Å². The highest BCUT2D eigenvalue weighted by molar-refractivity contribution is 5.97. The fourth-order valence-electron chi connectivity index (χ4n) is 5.74. The maximum absolute atomic E-state index is 12.9. The van der Waals surface area contributed by atoms with Crippen molar-refractivity contribution in [2.75, 3.05) is 24.7 Å². The molecule has 0 fully saturated rings. The van der Waals surface area contributed by atoms with Gasteiger partial charge in [-0.05, 0) is 98.8 Å². The smallest absolute Gasteiger partial charge is 0.416 e. The van der Waals surface area contributed by atoms with Crippen LogP contribution in [-0.4, -0.2) is 47.0 Å². The first-order valence-electron chi connectivity index (χ1n) is 15.8. The van der Waals surface area contributed by atoms with E-state index in [4.69, 9.17) is 19.2 Å². The first kappa shape index (κ1) is 30.9. The number of esters is 1. The molecule has 0 saturated heterocycles. The van der Waals surface area contributed by atoms with E-state index in [-0.39, 0.29) is 6.09 Å². The lowest BCUT2D eigenvalue weighted by Gasteiger charge is -2.31. The summed E-state index contributed by atoms with van der Waals surface area (Å²) in [4.78, 5) is 32.0. The zero-order valence-corrected chi connectivity index (χ0v) is 26.8. The number of anilines is 1. The van der Waals surface area contributed by atoms with E-state index in [1.54, 1.807) is 17.9 Å². The molecule has 236 valence electrons. The van der Waals surface area contributed by atoms with Gasteiger partial charge in [-0.1, -0.05) is 42.5 Å². The Balaban J connectivity index is 1.19. The number of ether oxygens (including phenoxy) is 3. The Morgan fingerprint density at radius 3 is 2.57 bits per heavy atom. The van der Waals surface area contributed by atoms with Gasteiger partial charge in [0.05, 0.1) is 24.4 Å². The van der Waals surface area contributed by atoms with Crippen LogP contribution >= 0.6 is 0 Å². The predicted molar refractivity (Wildman–Crippen MR) is 181 cm³/mol. The number of nitrogens with zero attached hydrogens (tertiary/aromatic N) is 3. The third kappa shape index (κ3) is 6.91. The highest BCUT2D eigenvalue weighted by Gasteiger charge is 2.28. The molecule has 0 radical (unpaired) electrons. The molecule has 0 bridgehead atoms. The van der Waals surface area contributed by atoms with Crippen LogP contribution in [0.3, 0.4) is 0 Å². The zero-order valence-electron chi connectivity index (χ0n) is 26.8. The Hall–Kier alpha value is -5.11. The van der Waals surface area contributed by atoms with Gasteiger partial charge in [-0.25, -0.2) is 14.6 Å². The number of carbonyl (C=O) groups excluding carboxylic acids is 2. The fraction of sp³-hybridized carbons (Fsp3) is 0.289. The number of benzene rings is 3. The van der Waals surface area contributed by atoms with Crippen LogP contribution < -0.4 is 9.64 Å². The number of fused-ring (bicyclic) bond motifs is 3. The molecule has 8 nitrogen and oxygen atoms in total. The lowest BCUT2D eigenvalue weighted by Crippen LogP contribution is -2.40. The largest absolute Gasteiger partial charge is 0.493 e. The van der Waals surface area contributed by atoms with Crippen LogP contribution in [0, 0.1) is 0 Å². The highest BCUT2D eigenvalue weighted by Crippen LogP contribution is 2.30. The van der Waals surface area contributed by atoms with E-state index in [9.17, 15) is 9.59 Å². The molecule has 8 heteroatoms. The SMILES string of the molecule is CCOC(=O)C=C(c1ccc2ccccc2c1)n1ccc2cc(OCCc3ccc4c(n3)N(C(=O)OC(C)(C)C)CCC4)ccc21. The molecule has 3 aromatic carbocycles. The molecule has 0 spiro atoms. The summed E-state index contributed by atoms with van der Waals surface area (Å²) in [5, 5.41) is 3.20. The third-order valence-electron chi connectivity index (χ3n) is 7.85. The van der Waals surface area contributed by atoms with Gasteiger partial charge in [-0.2, -0.15) is 0 Å². The summed E-state index contributed by atoms with van der Waals surface area (Å²) in [5.41, 5.74) is 3.91. The van der Waals surface area contributed by atoms with Crippen LogP contribution in [0.1, 0.15) is 50.9 Å². The van der Waals surface area contributed by atoms with Crippen molar-refractivity contribution in [2.45, 2.75) is 52.6 Å². The summed E-state index contributed by atoms with van der Waals surface area (Å²) in [6.07, 6.45) is 5.49. The Morgan fingerprint density at radius 1 is 0.935 bits per heavy atom. The summed E-state index contributed by atoms with van der Waals surface area (Å²) in [5.74, 6) is 1.02. The van der Waals surface area contributed by atoms with Crippen molar-refractivity contribution < 1.29 is 23.8 Å². The molecule has 46 heavy (non-hydrogen) atoms. The van der Waals surface area contributed by atoms with Crippen molar-refractivity contribution in [3.05, 3.63) is 108 Å². The minimum Gasteiger partial charge on any atom is -0.493 e. The summed E-state index contributed by atoms with van der Waals surface area (Å²) >= 11 is 0. The van der Waals surface area contributed by atoms with Crippen LogP contribution in [0.5, 0.6) is 5.75 Å². The molecule has 1 aliphatic heterocycles. The number of hydrogen-bond acceptors (Lipinski definition) is 6. The van der Waals surface area contributed by atoms with Gasteiger partial charge in [-0.15, -0.1) is 0 Å². The Labute approximate surface area is 269 Å². The number of rotatable bonds is 8. The minimum atomic E-state index is -0.572. The van der Waals surface area contributed by atoms with Gasteiger partial charge in [0.15, 0.2) is 0 Å². The van der Waals surface area contributed by atoms with E-state index in [0.29, 0.717) is 32.0 Å². The number of aryl methyl sites for hydroxylation is 1. The van der Waals surface area contributed by atoms with Gasteiger partial charge in [0.2, 0.25) is 0 Å². The van der Waals surface area contributed by atoms with Crippen molar-refractivity contribution in [1.82, 2.24) is 9.55 Å². The minimum absolute atomic E-state index is 0.302. The van der Waals surface area contributed by atoms with Crippen LogP contribution in [-0.2, 0) is 27.1 Å². The molecule has 1 amide bonds. The summed E-state index contributed by atoms with van der Waals surface area (Å²) in [6.45, 7) is 8.72. The molecule has 0 saturated carbocycles. The van der Waals surface area contributed by atoms with E-state index < -0.39 is 11.6 Å². The second kappa shape index (κ2) is 13.1. The first-order chi connectivity index (χ1) is 22.2. The van der Waals surface area contributed by atoms with Crippen LogP contribution in [0.2, 0.25) is 0 Å². The van der Waals surface area contributed by atoms with Gasteiger partial charge in [0.1, 0.15) is 17.2 Å². The molecular formula is C38H39N3O5. The monoisotopic (exact) mass is 617 g/mol. The average molecular weight is 618 g/mol. The predicted octanol–water partition coefficient (Wildman–Crippen LogP) is 7.95. The summed E-state index contributed by atoms with van der Waals surface area (Å²) in [7, 11) is 0. The van der Waals surface area contributed by atoms with Gasteiger partial charge >= 0.3 is 12.1 Å². The third-order valence-corrected chi connectivity index (χ3v) is 7.85. The van der Waals surface area contributed by atoms with Crippen molar-refractivity contribution in [2.24, 2.45) is 0 Å². The lowest BCUT2D eigenvalue weighted by atomic mass is 10.0. The molecule has 3 heterocycles. The van der Waals surface area contributed by atoms with E-state index in [1.165, 1.54) is 0 Å². The van der Waals surface area contributed by atoms with Crippen molar-refractivity contribution >= 4 is 45.3 Å². The normalized spacial score (nSPS) is 13.5. The average Bonchev–Trinajstić information content (AvgIpc) is 3.45. The molecule has 2 aromatic heterocycles. The number of carbonyl (C=O) groups is 2. The second-order valence-electron chi connectivity index (χ2n) is 12.4. The molecule has 6 rings (SSSR count).